The molecular weight excluding hydrogens is 262 g/mol. The molecule has 0 aromatic carbocycles. The average molecular weight is 275 g/mol. The Labute approximate surface area is 114 Å². The van der Waals surface area contributed by atoms with Crippen molar-refractivity contribution >= 4 is 17.7 Å². The Kier molecular flexibility index (Phi) is 4.28. The number of nitrogens with zero attached hydrogens (tertiary/aromatic N) is 2. The van der Waals surface area contributed by atoms with Crippen LogP contribution in [0.2, 0.25) is 0 Å². The van der Waals surface area contributed by atoms with Gasteiger partial charge in [-0.3, -0.25) is 0 Å². The van der Waals surface area contributed by atoms with Gasteiger partial charge >= 0.3 is 12.0 Å². The maximum absolute atomic E-state index is 11.6. The second-order valence-electron chi connectivity index (χ2n) is 3.91. The fourth-order valence-electron chi connectivity index (χ4n) is 1.58. The largest absolute Gasteiger partial charge is 0.476 e. The topological polar surface area (TPSA) is 120 Å². The molecule has 0 spiro atoms. The summed E-state index contributed by atoms with van der Waals surface area (Å²) >= 11 is 0. The van der Waals surface area contributed by atoms with Crippen LogP contribution < -0.4 is 10.6 Å². The summed E-state index contributed by atoms with van der Waals surface area (Å²) in [6.07, 6.45) is 5.18. The summed E-state index contributed by atoms with van der Waals surface area (Å²) in [4.78, 5) is 33.0. The first-order chi connectivity index (χ1) is 9.66. The molecule has 0 aliphatic heterocycles. The van der Waals surface area contributed by atoms with Crippen molar-refractivity contribution in [3.63, 3.8) is 0 Å². The number of carbonyl (C=O) groups is 2. The Bertz CT molecular complexity index is 597. The van der Waals surface area contributed by atoms with Gasteiger partial charge in [-0.2, -0.15) is 0 Å². The van der Waals surface area contributed by atoms with Crippen LogP contribution in [0.5, 0.6) is 0 Å². The van der Waals surface area contributed by atoms with Crippen LogP contribution in [0.15, 0.2) is 30.9 Å². The minimum absolute atomic E-state index is 0.152. The van der Waals surface area contributed by atoms with Gasteiger partial charge in [-0.05, 0) is 12.1 Å². The zero-order valence-corrected chi connectivity index (χ0v) is 10.5. The molecule has 0 saturated heterocycles. The van der Waals surface area contributed by atoms with Gasteiger partial charge in [0.25, 0.3) is 0 Å². The normalized spacial score (nSPS) is 10.0. The Balaban J connectivity index is 1.87. The SMILES string of the molecule is O=C(NCCc1cnc[nH]1)Nc1cccnc1C(=O)O. The van der Waals surface area contributed by atoms with E-state index in [1.54, 1.807) is 18.6 Å². The van der Waals surface area contributed by atoms with E-state index in [2.05, 4.69) is 25.6 Å². The molecule has 0 aliphatic carbocycles. The number of H-pyrrole nitrogens is 1. The summed E-state index contributed by atoms with van der Waals surface area (Å²) < 4.78 is 0. The van der Waals surface area contributed by atoms with E-state index in [1.165, 1.54) is 12.3 Å². The van der Waals surface area contributed by atoms with Gasteiger partial charge in [-0.1, -0.05) is 0 Å². The number of hydrogen-bond acceptors (Lipinski definition) is 4. The van der Waals surface area contributed by atoms with Crippen LogP contribution in [0, 0.1) is 0 Å². The maximum atomic E-state index is 11.6. The zero-order valence-electron chi connectivity index (χ0n) is 10.5. The van der Waals surface area contributed by atoms with E-state index in [1.807, 2.05) is 0 Å². The lowest BCUT2D eigenvalue weighted by Gasteiger charge is -2.08. The summed E-state index contributed by atoms with van der Waals surface area (Å²) in [5.41, 5.74) is 0.855. The second-order valence-corrected chi connectivity index (χ2v) is 3.91. The number of anilines is 1. The predicted octanol–water partition coefficient (Wildman–Crippen LogP) is 0.867. The Hall–Kier alpha value is -2.90. The third kappa shape index (κ3) is 3.55. The quantitative estimate of drug-likeness (QED) is 0.645. The van der Waals surface area contributed by atoms with Crippen LogP contribution in [0.25, 0.3) is 0 Å². The van der Waals surface area contributed by atoms with Gasteiger partial charge in [0.2, 0.25) is 0 Å². The van der Waals surface area contributed by atoms with E-state index in [0.717, 1.165) is 5.69 Å². The standard InChI is InChI=1S/C12H13N5O3/c18-11(19)10-9(2-1-4-14-10)17-12(20)15-5-3-8-6-13-7-16-8/h1-2,4,6-7H,3,5H2,(H,13,16)(H,18,19)(H2,15,17,20). The molecule has 0 unspecified atom stereocenters. The molecule has 104 valence electrons. The molecule has 2 heterocycles. The smallest absolute Gasteiger partial charge is 0.356 e. The van der Waals surface area contributed by atoms with Crippen molar-refractivity contribution in [2.24, 2.45) is 0 Å². The fourth-order valence-corrected chi connectivity index (χ4v) is 1.58. The molecule has 2 amide bonds. The van der Waals surface area contributed by atoms with Crippen LogP contribution in [-0.4, -0.2) is 38.6 Å². The molecule has 20 heavy (non-hydrogen) atoms. The van der Waals surface area contributed by atoms with Crippen molar-refractivity contribution < 1.29 is 14.7 Å². The number of imidazole rings is 1. The van der Waals surface area contributed by atoms with E-state index in [4.69, 9.17) is 5.11 Å². The van der Waals surface area contributed by atoms with Gasteiger partial charge < -0.3 is 20.7 Å². The summed E-state index contributed by atoms with van der Waals surface area (Å²) in [6.45, 7) is 0.399. The van der Waals surface area contributed by atoms with Crippen molar-refractivity contribution in [1.82, 2.24) is 20.3 Å². The number of carboxylic acid groups (broad SMARTS) is 1. The van der Waals surface area contributed by atoms with E-state index < -0.39 is 12.0 Å². The number of aromatic amines is 1. The van der Waals surface area contributed by atoms with Crippen molar-refractivity contribution in [1.29, 1.82) is 0 Å². The number of rotatable bonds is 5. The van der Waals surface area contributed by atoms with E-state index in [9.17, 15) is 9.59 Å². The molecule has 0 atom stereocenters. The van der Waals surface area contributed by atoms with Crippen LogP contribution >= 0.6 is 0 Å². The van der Waals surface area contributed by atoms with Gasteiger partial charge in [0.1, 0.15) is 0 Å². The molecule has 2 aromatic rings. The van der Waals surface area contributed by atoms with E-state index in [-0.39, 0.29) is 11.4 Å². The summed E-state index contributed by atoms with van der Waals surface area (Å²) in [7, 11) is 0. The summed E-state index contributed by atoms with van der Waals surface area (Å²) in [6, 6.07) is 2.54. The number of aromatic carboxylic acids is 1. The van der Waals surface area contributed by atoms with Gasteiger partial charge in [0.05, 0.1) is 12.0 Å². The Morgan fingerprint density at radius 3 is 2.95 bits per heavy atom. The number of aromatic nitrogens is 3. The lowest BCUT2D eigenvalue weighted by Crippen LogP contribution is -2.31. The van der Waals surface area contributed by atoms with Crippen molar-refractivity contribution in [2.45, 2.75) is 6.42 Å². The fraction of sp³-hybridized carbons (Fsp3) is 0.167. The third-order valence-electron chi connectivity index (χ3n) is 2.49. The van der Waals surface area contributed by atoms with Crippen LogP contribution in [-0.2, 0) is 6.42 Å². The van der Waals surface area contributed by atoms with Crippen molar-refractivity contribution in [2.75, 3.05) is 11.9 Å². The number of nitrogens with one attached hydrogen (secondary N) is 3. The lowest BCUT2D eigenvalue weighted by atomic mass is 10.3. The number of amides is 2. The maximum Gasteiger partial charge on any atom is 0.356 e. The monoisotopic (exact) mass is 275 g/mol. The van der Waals surface area contributed by atoms with Gasteiger partial charge in [0, 0.05) is 31.1 Å². The summed E-state index contributed by atoms with van der Waals surface area (Å²) in [5, 5.41) is 14.0. The van der Waals surface area contributed by atoms with Crippen LogP contribution in [0.1, 0.15) is 16.2 Å². The van der Waals surface area contributed by atoms with Crippen LogP contribution in [0.3, 0.4) is 0 Å². The minimum Gasteiger partial charge on any atom is -0.476 e. The molecular formula is C12H13N5O3. The first-order valence-corrected chi connectivity index (χ1v) is 5.87. The molecule has 0 aliphatic rings. The van der Waals surface area contributed by atoms with Crippen LogP contribution in [0.4, 0.5) is 10.5 Å². The van der Waals surface area contributed by atoms with E-state index >= 15 is 0 Å². The molecule has 2 aromatic heterocycles. The third-order valence-corrected chi connectivity index (χ3v) is 2.49. The molecule has 2 rings (SSSR count). The second kappa shape index (κ2) is 6.32. The number of carboxylic acids is 1. The molecule has 4 N–H and O–H groups in total. The minimum atomic E-state index is -1.20. The number of pyridine rings is 1. The van der Waals surface area contributed by atoms with E-state index in [0.29, 0.717) is 13.0 Å². The molecule has 8 nitrogen and oxygen atoms in total. The van der Waals surface area contributed by atoms with Gasteiger partial charge in [-0.15, -0.1) is 0 Å². The summed E-state index contributed by atoms with van der Waals surface area (Å²) in [5.74, 6) is -1.20. The highest BCUT2D eigenvalue weighted by molar-refractivity contribution is 5.98. The van der Waals surface area contributed by atoms with Gasteiger partial charge in [0.15, 0.2) is 5.69 Å². The van der Waals surface area contributed by atoms with Gasteiger partial charge in [-0.25, -0.2) is 19.6 Å². The number of hydrogen-bond donors (Lipinski definition) is 4. The molecule has 0 saturated carbocycles. The predicted molar refractivity (Wildman–Crippen MR) is 70.5 cm³/mol. The average Bonchev–Trinajstić information content (AvgIpc) is 2.92. The highest BCUT2D eigenvalue weighted by Gasteiger charge is 2.12. The van der Waals surface area contributed by atoms with Crippen molar-refractivity contribution in [3.8, 4) is 0 Å². The number of urea groups is 1. The molecule has 8 heteroatoms. The lowest BCUT2D eigenvalue weighted by molar-refractivity contribution is 0.0692. The highest BCUT2D eigenvalue weighted by atomic mass is 16.4. The first kappa shape index (κ1) is 13.5. The molecule has 0 radical (unpaired) electrons. The molecule has 0 fully saturated rings. The first-order valence-electron chi connectivity index (χ1n) is 5.87. The Morgan fingerprint density at radius 1 is 1.40 bits per heavy atom. The molecule has 0 bridgehead atoms. The number of carbonyl (C=O) groups excluding carboxylic acids is 1. The Morgan fingerprint density at radius 2 is 2.25 bits per heavy atom. The van der Waals surface area contributed by atoms with Crippen molar-refractivity contribution in [3.05, 3.63) is 42.2 Å². The highest BCUT2D eigenvalue weighted by Crippen LogP contribution is 2.11. The zero-order chi connectivity index (χ0) is 14.4.